The molecule has 2 aliphatic rings. The van der Waals surface area contributed by atoms with E-state index in [1.165, 1.54) is 5.69 Å². The molecule has 3 atom stereocenters. The van der Waals surface area contributed by atoms with Crippen LogP contribution >= 0.6 is 11.3 Å². The number of thiazole rings is 1. The van der Waals surface area contributed by atoms with E-state index in [9.17, 15) is 0 Å². The zero-order chi connectivity index (χ0) is 15.8. The summed E-state index contributed by atoms with van der Waals surface area (Å²) in [6, 6.07) is 0. The first-order valence-electron chi connectivity index (χ1n) is 8.24. The van der Waals surface area contributed by atoms with Crippen LogP contribution in [0.25, 0.3) is 0 Å². The van der Waals surface area contributed by atoms with Crippen LogP contribution < -0.4 is 0 Å². The van der Waals surface area contributed by atoms with Crippen LogP contribution in [0.15, 0.2) is 9.80 Å². The van der Waals surface area contributed by atoms with Crippen molar-refractivity contribution >= 4 is 11.3 Å². The van der Waals surface area contributed by atoms with Crippen molar-refractivity contribution in [3.05, 3.63) is 27.9 Å². The summed E-state index contributed by atoms with van der Waals surface area (Å²) in [6.07, 6.45) is 2.35. The second kappa shape index (κ2) is 6.30. The van der Waals surface area contributed by atoms with Crippen LogP contribution in [0.2, 0.25) is 0 Å². The Morgan fingerprint density at radius 3 is 2.96 bits per heavy atom. The largest absolute Gasteiger partial charge is 0.425 e. The third-order valence-electron chi connectivity index (χ3n) is 4.87. The van der Waals surface area contributed by atoms with Crippen molar-refractivity contribution in [3.63, 3.8) is 0 Å². The molecule has 0 aliphatic carbocycles. The molecule has 2 aromatic heterocycles. The number of nitrogens with zero attached hydrogens (tertiary/aromatic N) is 4. The lowest BCUT2D eigenvalue weighted by Gasteiger charge is -2.43. The van der Waals surface area contributed by atoms with Gasteiger partial charge in [0.05, 0.1) is 16.8 Å². The molecule has 2 saturated heterocycles. The Balaban J connectivity index is 1.49. The summed E-state index contributed by atoms with van der Waals surface area (Å²) < 4.78 is 11.7. The second-order valence-electron chi connectivity index (χ2n) is 6.51. The minimum Gasteiger partial charge on any atom is -0.425 e. The van der Waals surface area contributed by atoms with E-state index >= 15 is 0 Å². The van der Waals surface area contributed by atoms with Crippen LogP contribution in [0.4, 0.5) is 0 Å². The van der Waals surface area contributed by atoms with E-state index in [2.05, 4.69) is 32.4 Å². The first-order valence-corrected chi connectivity index (χ1v) is 9.12. The maximum Gasteiger partial charge on any atom is 0.220 e. The monoisotopic (exact) mass is 334 g/mol. The minimum atomic E-state index is 0.314. The number of aryl methyl sites for hydroxylation is 2. The first-order chi connectivity index (χ1) is 11.2. The molecule has 2 aliphatic heterocycles. The summed E-state index contributed by atoms with van der Waals surface area (Å²) in [5.74, 6) is 2.17. The molecule has 0 N–H and O–H groups in total. The quantitative estimate of drug-likeness (QED) is 0.859. The molecule has 0 saturated carbocycles. The predicted octanol–water partition coefficient (Wildman–Crippen LogP) is 2.54. The highest BCUT2D eigenvalue weighted by molar-refractivity contribution is 7.09. The van der Waals surface area contributed by atoms with Crippen molar-refractivity contribution in [2.24, 2.45) is 5.92 Å². The molecular formula is C16H22N4O2S. The lowest BCUT2D eigenvalue weighted by molar-refractivity contribution is -0.0821. The van der Waals surface area contributed by atoms with Gasteiger partial charge in [0.15, 0.2) is 0 Å². The van der Waals surface area contributed by atoms with E-state index in [0.29, 0.717) is 23.8 Å². The highest BCUT2D eigenvalue weighted by Gasteiger charge is 2.41. The Hall–Kier alpha value is -1.31. The van der Waals surface area contributed by atoms with Crippen LogP contribution in [0.1, 0.15) is 41.2 Å². The van der Waals surface area contributed by atoms with Crippen LogP contribution in [0.3, 0.4) is 0 Å². The average Bonchev–Trinajstić information content (AvgIpc) is 3.15. The summed E-state index contributed by atoms with van der Waals surface area (Å²) in [7, 11) is 0. The number of hydrogen-bond acceptors (Lipinski definition) is 7. The normalized spacial score (nSPS) is 28.7. The van der Waals surface area contributed by atoms with E-state index in [4.69, 9.17) is 9.15 Å². The molecule has 4 heterocycles. The standard InChI is InChI=1S/C16H22N4O2S/c1-10-18-19-16(22-10)13-4-6-21-15-3-5-20(8-14(13)15)7-12-9-23-11(2)17-12/h9,13-15H,3-8H2,1-2H3/t13-,14-,15-/m1/s1. The molecule has 2 fully saturated rings. The molecule has 23 heavy (non-hydrogen) atoms. The molecular weight excluding hydrogens is 312 g/mol. The summed E-state index contributed by atoms with van der Waals surface area (Å²) >= 11 is 1.72. The SMILES string of the molecule is Cc1nnc([C@@H]2CCO[C@@H]3CCN(Cc4csc(C)n4)C[C@@H]32)o1. The van der Waals surface area contributed by atoms with E-state index in [1.807, 2.05) is 6.92 Å². The maximum atomic E-state index is 6.01. The van der Waals surface area contributed by atoms with Gasteiger partial charge in [-0.05, 0) is 19.8 Å². The van der Waals surface area contributed by atoms with Crippen molar-refractivity contribution in [1.29, 1.82) is 0 Å². The summed E-state index contributed by atoms with van der Waals surface area (Å²) in [5, 5.41) is 11.6. The van der Waals surface area contributed by atoms with E-state index < -0.39 is 0 Å². The van der Waals surface area contributed by atoms with Gasteiger partial charge in [0.25, 0.3) is 0 Å². The van der Waals surface area contributed by atoms with Crippen LogP contribution in [-0.2, 0) is 11.3 Å². The molecule has 0 radical (unpaired) electrons. The Kier molecular flexibility index (Phi) is 4.17. The van der Waals surface area contributed by atoms with Gasteiger partial charge in [0.2, 0.25) is 11.8 Å². The number of aromatic nitrogens is 3. The topological polar surface area (TPSA) is 64.3 Å². The van der Waals surface area contributed by atoms with Gasteiger partial charge in [0.1, 0.15) is 0 Å². The lowest BCUT2D eigenvalue weighted by atomic mass is 9.79. The molecule has 124 valence electrons. The number of piperidine rings is 1. The van der Waals surface area contributed by atoms with Gasteiger partial charge in [-0.25, -0.2) is 4.98 Å². The van der Waals surface area contributed by atoms with Crippen molar-refractivity contribution < 1.29 is 9.15 Å². The smallest absolute Gasteiger partial charge is 0.220 e. The maximum absolute atomic E-state index is 6.01. The highest BCUT2D eigenvalue weighted by Crippen LogP contribution is 2.39. The highest BCUT2D eigenvalue weighted by atomic mass is 32.1. The average molecular weight is 334 g/mol. The Morgan fingerprint density at radius 1 is 1.30 bits per heavy atom. The molecule has 0 spiro atoms. The number of rotatable bonds is 3. The van der Waals surface area contributed by atoms with E-state index in [-0.39, 0.29) is 0 Å². The molecule has 6 nitrogen and oxygen atoms in total. The van der Waals surface area contributed by atoms with Gasteiger partial charge >= 0.3 is 0 Å². The van der Waals surface area contributed by atoms with Crippen LogP contribution in [0, 0.1) is 19.8 Å². The van der Waals surface area contributed by atoms with Crippen LogP contribution in [-0.4, -0.2) is 45.9 Å². The lowest BCUT2D eigenvalue weighted by Crippen LogP contribution is -2.48. The van der Waals surface area contributed by atoms with Gasteiger partial charge in [-0.3, -0.25) is 4.90 Å². The number of likely N-dealkylation sites (tertiary alicyclic amines) is 1. The number of fused-ring (bicyclic) bond motifs is 1. The first kappa shape index (κ1) is 15.2. The van der Waals surface area contributed by atoms with Crippen molar-refractivity contribution in [1.82, 2.24) is 20.1 Å². The predicted molar refractivity (Wildman–Crippen MR) is 86.4 cm³/mol. The van der Waals surface area contributed by atoms with Crippen molar-refractivity contribution in [2.75, 3.05) is 19.7 Å². The summed E-state index contributed by atoms with van der Waals surface area (Å²) in [5.41, 5.74) is 1.17. The number of hydrogen-bond donors (Lipinski definition) is 0. The van der Waals surface area contributed by atoms with Gasteiger partial charge in [0, 0.05) is 50.4 Å². The second-order valence-corrected chi connectivity index (χ2v) is 7.57. The summed E-state index contributed by atoms with van der Waals surface area (Å²) in [4.78, 5) is 7.08. The van der Waals surface area contributed by atoms with Crippen LogP contribution in [0.5, 0.6) is 0 Å². The molecule has 0 bridgehead atoms. The molecule has 4 rings (SSSR count). The zero-order valence-corrected chi connectivity index (χ0v) is 14.4. The fourth-order valence-corrected chi connectivity index (χ4v) is 4.41. The third kappa shape index (κ3) is 3.18. The van der Waals surface area contributed by atoms with Crippen molar-refractivity contribution in [2.45, 2.75) is 45.3 Å². The van der Waals surface area contributed by atoms with Gasteiger partial charge < -0.3 is 9.15 Å². The van der Waals surface area contributed by atoms with Gasteiger partial charge in [-0.2, -0.15) is 0 Å². The zero-order valence-electron chi connectivity index (χ0n) is 13.6. The van der Waals surface area contributed by atoms with Gasteiger partial charge in [-0.15, -0.1) is 21.5 Å². The number of ether oxygens (including phenoxy) is 1. The Bertz CT molecular complexity index is 671. The van der Waals surface area contributed by atoms with E-state index in [1.54, 1.807) is 11.3 Å². The Morgan fingerprint density at radius 2 is 2.22 bits per heavy atom. The van der Waals surface area contributed by atoms with Gasteiger partial charge in [-0.1, -0.05) is 0 Å². The molecule has 7 heteroatoms. The molecule has 0 amide bonds. The van der Waals surface area contributed by atoms with Crippen molar-refractivity contribution in [3.8, 4) is 0 Å². The molecule has 0 unspecified atom stereocenters. The molecule has 0 aromatic carbocycles. The molecule has 2 aromatic rings. The van der Waals surface area contributed by atoms with E-state index in [0.717, 1.165) is 50.0 Å². The Labute approximate surface area is 139 Å². The minimum absolute atomic E-state index is 0.314. The fraction of sp³-hybridized carbons (Fsp3) is 0.688. The summed E-state index contributed by atoms with van der Waals surface area (Å²) in [6.45, 7) is 7.69. The third-order valence-corrected chi connectivity index (χ3v) is 5.69. The fourth-order valence-electron chi connectivity index (χ4n) is 3.81.